The molecule has 0 radical (unpaired) electrons. The first-order chi connectivity index (χ1) is 10.9. The SMILES string of the molecule is Cc1cc(C)c(NC(=O)Cn2ccc3cc(Br)ccc32)c(C)c1. The summed E-state index contributed by atoms with van der Waals surface area (Å²) in [6.07, 6.45) is 1.95. The number of carbonyl (C=O) groups is 1. The van der Waals surface area contributed by atoms with E-state index in [1.807, 2.05) is 42.8 Å². The van der Waals surface area contributed by atoms with Gasteiger partial charge in [-0.25, -0.2) is 0 Å². The highest BCUT2D eigenvalue weighted by Gasteiger charge is 2.10. The highest BCUT2D eigenvalue weighted by molar-refractivity contribution is 9.10. The van der Waals surface area contributed by atoms with E-state index in [2.05, 4.69) is 46.4 Å². The average Bonchev–Trinajstić information content (AvgIpc) is 2.85. The number of hydrogen-bond acceptors (Lipinski definition) is 1. The molecule has 1 aromatic heterocycles. The van der Waals surface area contributed by atoms with Crippen LogP contribution in [0.15, 0.2) is 47.1 Å². The Kier molecular flexibility index (Phi) is 4.26. The molecule has 0 atom stereocenters. The van der Waals surface area contributed by atoms with Crippen molar-refractivity contribution in [1.29, 1.82) is 0 Å². The summed E-state index contributed by atoms with van der Waals surface area (Å²) < 4.78 is 3.01. The van der Waals surface area contributed by atoms with Crippen molar-refractivity contribution in [2.45, 2.75) is 27.3 Å². The molecule has 23 heavy (non-hydrogen) atoms. The third-order valence-corrected chi connectivity index (χ3v) is 4.48. The van der Waals surface area contributed by atoms with Gasteiger partial charge in [-0.3, -0.25) is 4.79 Å². The van der Waals surface area contributed by atoms with E-state index in [4.69, 9.17) is 0 Å². The lowest BCUT2D eigenvalue weighted by Crippen LogP contribution is -2.19. The van der Waals surface area contributed by atoms with Gasteiger partial charge in [0.05, 0.1) is 0 Å². The lowest BCUT2D eigenvalue weighted by Gasteiger charge is -2.13. The Morgan fingerprint density at radius 1 is 1.09 bits per heavy atom. The smallest absolute Gasteiger partial charge is 0.244 e. The van der Waals surface area contributed by atoms with Crippen LogP contribution < -0.4 is 5.32 Å². The molecule has 4 heteroatoms. The predicted octanol–water partition coefficient (Wildman–Crippen LogP) is 4.97. The lowest BCUT2D eigenvalue weighted by molar-refractivity contribution is -0.116. The monoisotopic (exact) mass is 370 g/mol. The van der Waals surface area contributed by atoms with Gasteiger partial charge < -0.3 is 9.88 Å². The maximum absolute atomic E-state index is 12.4. The topological polar surface area (TPSA) is 34.0 Å². The average molecular weight is 371 g/mol. The van der Waals surface area contributed by atoms with E-state index in [0.717, 1.165) is 32.2 Å². The van der Waals surface area contributed by atoms with Crippen LogP contribution in [-0.2, 0) is 11.3 Å². The van der Waals surface area contributed by atoms with Gasteiger partial charge in [-0.1, -0.05) is 33.6 Å². The Hall–Kier alpha value is -2.07. The van der Waals surface area contributed by atoms with Crippen molar-refractivity contribution >= 4 is 38.4 Å². The first-order valence-electron chi connectivity index (χ1n) is 7.56. The second kappa shape index (κ2) is 6.20. The zero-order valence-corrected chi connectivity index (χ0v) is 15.1. The normalized spacial score (nSPS) is 11.0. The lowest BCUT2D eigenvalue weighted by atomic mass is 10.1. The molecule has 0 aliphatic heterocycles. The largest absolute Gasteiger partial charge is 0.338 e. The fraction of sp³-hybridized carbons (Fsp3) is 0.211. The number of amides is 1. The third-order valence-electron chi connectivity index (χ3n) is 3.99. The van der Waals surface area contributed by atoms with Crippen molar-refractivity contribution in [3.8, 4) is 0 Å². The summed E-state index contributed by atoms with van der Waals surface area (Å²) in [7, 11) is 0. The first kappa shape index (κ1) is 15.8. The fourth-order valence-corrected chi connectivity index (χ4v) is 3.40. The number of aryl methyl sites for hydroxylation is 3. The Labute approximate surface area is 144 Å². The van der Waals surface area contributed by atoms with E-state index in [-0.39, 0.29) is 5.91 Å². The number of benzene rings is 2. The Morgan fingerprint density at radius 3 is 2.48 bits per heavy atom. The summed E-state index contributed by atoms with van der Waals surface area (Å²) >= 11 is 3.47. The van der Waals surface area contributed by atoms with Crippen molar-refractivity contribution in [3.63, 3.8) is 0 Å². The van der Waals surface area contributed by atoms with Crippen molar-refractivity contribution in [3.05, 3.63) is 63.8 Å². The Balaban J connectivity index is 1.82. The van der Waals surface area contributed by atoms with E-state index in [9.17, 15) is 4.79 Å². The van der Waals surface area contributed by atoms with Gasteiger partial charge in [0, 0.05) is 27.3 Å². The van der Waals surface area contributed by atoms with Crippen molar-refractivity contribution in [1.82, 2.24) is 4.57 Å². The molecule has 0 bridgehead atoms. The molecule has 2 aromatic carbocycles. The van der Waals surface area contributed by atoms with Crippen LogP contribution in [0.5, 0.6) is 0 Å². The van der Waals surface area contributed by atoms with Crippen molar-refractivity contribution in [2.24, 2.45) is 0 Å². The van der Waals surface area contributed by atoms with Gasteiger partial charge in [-0.15, -0.1) is 0 Å². The van der Waals surface area contributed by atoms with Crippen LogP contribution in [0, 0.1) is 20.8 Å². The number of anilines is 1. The molecule has 0 unspecified atom stereocenters. The Bertz CT molecular complexity index is 873. The van der Waals surface area contributed by atoms with Crippen LogP contribution in [0.25, 0.3) is 10.9 Å². The highest BCUT2D eigenvalue weighted by Crippen LogP contribution is 2.23. The predicted molar refractivity (Wildman–Crippen MR) is 98.9 cm³/mol. The van der Waals surface area contributed by atoms with Crippen molar-refractivity contribution < 1.29 is 4.79 Å². The van der Waals surface area contributed by atoms with Crippen LogP contribution >= 0.6 is 15.9 Å². The van der Waals surface area contributed by atoms with Gasteiger partial charge >= 0.3 is 0 Å². The number of carbonyl (C=O) groups excluding carboxylic acids is 1. The molecule has 0 aliphatic rings. The van der Waals surface area contributed by atoms with E-state index < -0.39 is 0 Å². The molecule has 1 N–H and O–H groups in total. The maximum Gasteiger partial charge on any atom is 0.244 e. The second-order valence-electron chi connectivity index (χ2n) is 5.97. The van der Waals surface area contributed by atoms with Crippen LogP contribution in [0.3, 0.4) is 0 Å². The summed E-state index contributed by atoms with van der Waals surface area (Å²) in [5, 5.41) is 4.17. The minimum atomic E-state index is -0.0135. The maximum atomic E-state index is 12.4. The van der Waals surface area contributed by atoms with Gasteiger partial charge in [-0.2, -0.15) is 0 Å². The molecule has 1 heterocycles. The molecule has 3 rings (SSSR count). The van der Waals surface area contributed by atoms with Gasteiger partial charge in [0.2, 0.25) is 5.91 Å². The number of halogens is 1. The van der Waals surface area contributed by atoms with Crippen LogP contribution in [0.1, 0.15) is 16.7 Å². The summed E-state index contributed by atoms with van der Waals surface area (Å²) in [6.45, 7) is 6.42. The third kappa shape index (κ3) is 3.32. The number of hydrogen-bond donors (Lipinski definition) is 1. The zero-order chi connectivity index (χ0) is 16.6. The molecular weight excluding hydrogens is 352 g/mol. The molecule has 0 spiro atoms. The molecule has 0 fully saturated rings. The molecule has 1 amide bonds. The molecule has 0 aliphatic carbocycles. The standard InChI is InChI=1S/C19H19BrN2O/c1-12-8-13(2)19(14(3)9-12)21-18(23)11-22-7-6-15-10-16(20)4-5-17(15)22/h4-10H,11H2,1-3H3,(H,21,23). The number of fused-ring (bicyclic) bond motifs is 1. The summed E-state index contributed by atoms with van der Waals surface area (Å²) in [5.74, 6) is -0.0135. The van der Waals surface area contributed by atoms with Crippen LogP contribution in [0.4, 0.5) is 5.69 Å². The number of rotatable bonds is 3. The minimum absolute atomic E-state index is 0.0135. The van der Waals surface area contributed by atoms with E-state index >= 15 is 0 Å². The van der Waals surface area contributed by atoms with Gasteiger partial charge in [-0.05, 0) is 56.2 Å². The second-order valence-corrected chi connectivity index (χ2v) is 6.88. The molecule has 118 valence electrons. The van der Waals surface area contributed by atoms with Gasteiger partial charge in [0.1, 0.15) is 6.54 Å². The molecule has 3 aromatic rings. The van der Waals surface area contributed by atoms with Crippen LogP contribution in [0.2, 0.25) is 0 Å². The summed E-state index contributed by atoms with van der Waals surface area (Å²) in [5.41, 5.74) is 5.37. The summed E-state index contributed by atoms with van der Waals surface area (Å²) in [4.78, 5) is 12.4. The number of aromatic nitrogens is 1. The van der Waals surface area contributed by atoms with E-state index in [1.165, 1.54) is 5.56 Å². The van der Waals surface area contributed by atoms with Gasteiger partial charge in [0.15, 0.2) is 0 Å². The molecule has 0 saturated carbocycles. The number of nitrogens with one attached hydrogen (secondary N) is 1. The first-order valence-corrected chi connectivity index (χ1v) is 8.35. The Morgan fingerprint density at radius 2 is 1.78 bits per heavy atom. The van der Waals surface area contributed by atoms with Crippen molar-refractivity contribution in [2.75, 3.05) is 5.32 Å². The molecular formula is C19H19BrN2O. The fourth-order valence-electron chi connectivity index (χ4n) is 3.02. The minimum Gasteiger partial charge on any atom is -0.338 e. The quantitative estimate of drug-likeness (QED) is 0.693. The highest BCUT2D eigenvalue weighted by atomic mass is 79.9. The van der Waals surface area contributed by atoms with Crippen LogP contribution in [-0.4, -0.2) is 10.5 Å². The zero-order valence-electron chi connectivity index (χ0n) is 13.5. The van der Waals surface area contributed by atoms with Gasteiger partial charge in [0.25, 0.3) is 0 Å². The number of nitrogens with zero attached hydrogens (tertiary/aromatic N) is 1. The van der Waals surface area contributed by atoms with E-state index in [0.29, 0.717) is 6.54 Å². The molecule has 3 nitrogen and oxygen atoms in total. The molecule has 0 saturated heterocycles. The summed E-state index contributed by atoms with van der Waals surface area (Å²) in [6, 6.07) is 12.3. The van der Waals surface area contributed by atoms with E-state index in [1.54, 1.807) is 0 Å².